The normalized spacial score (nSPS) is 14.2. The predicted molar refractivity (Wildman–Crippen MR) is 76.2 cm³/mol. The molecule has 1 nitrogen and oxygen atoms in total. The van der Waals surface area contributed by atoms with Gasteiger partial charge in [0.25, 0.3) is 0 Å². The lowest BCUT2D eigenvalue weighted by Gasteiger charge is -2.28. The predicted octanol–water partition coefficient (Wildman–Crippen LogP) is 4.78. The van der Waals surface area contributed by atoms with Crippen LogP contribution in [0.5, 0.6) is 0 Å². The standard InChI is InChI=1S/C15H13Cl2FO/c1-2-15(19,10-4-3-5-12(18)8-10)11-6-7-13(16)14(17)9-11/h3-9,19H,2H2,1H3. The van der Waals surface area contributed by atoms with Crippen LogP contribution in [0.15, 0.2) is 42.5 Å². The molecule has 0 aliphatic rings. The minimum absolute atomic E-state index is 0.363. The summed E-state index contributed by atoms with van der Waals surface area (Å²) in [5, 5.41) is 11.6. The van der Waals surface area contributed by atoms with E-state index in [2.05, 4.69) is 0 Å². The minimum atomic E-state index is -1.28. The minimum Gasteiger partial charge on any atom is -0.380 e. The molecule has 1 unspecified atom stereocenters. The first-order valence-corrected chi connectivity index (χ1v) is 6.67. The molecule has 0 heterocycles. The van der Waals surface area contributed by atoms with E-state index in [1.54, 1.807) is 30.3 Å². The summed E-state index contributed by atoms with van der Waals surface area (Å²) in [6.45, 7) is 1.83. The zero-order valence-corrected chi connectivity index (χ0v) is 11.8. The molecule has 0 aliphatic carbocycles. The Hall–Kier alpha value is -1.09. The van der Waals surface area contributed by atoms with Crippen LogP contribution in [-0.2, 0) is 5.60 Å². The Labute approximate surface area is 121 Å². The molecule has 0 aromatic heterocycles. The topological polar surface area (TPSA) is 20.2 Å². The van der Waals surface area contributed by atoms with Crippen molar-refractivity contribution in [2.75, 3.05) is 0 Å². The Morgan fingerprint density at radius 3 is 2.32 bits per heavy atom. The molecule has 0 amide bonds. The summed E-state index contributed by atoms with van der Waals surface area (Å²) >= 11 is 11.9. The number of hydrogen-bond acceptors (Lipinski definition) is 1. The summed E-state index contributed by atoms with van der Waals surface area (Å²) in [5.74, 6) is -0.385. The van der Waals surface area contributed by atoms with Crippen LogP contribution >= 0.6 is 23.2 Å². The van der Waals surface area contributed by atoms with Crippen molar-refractivity contribution in [1.29, 1.82) is 0 Å². The molecule has 0 saturated heterocycles. The Morgan fingerprint density at radius 1 is 1.05 bits per heavy atom. The summed E-state index contributed by atoms with van der Waals surface area (Å²) < 4.78 is 13.3. The molecule has 4 heteroatoms. The zero-order chi connectivity index (χ0) is 14.0. The van der Waals surface area contributed by atoms with Gasteiger partial charge in [-0.3, -0.25) is 0 Å². The first-order chi connectivity index (χ1) is 8.97. The summed E-state index contributed by atoms with van der Waals surface area (Å²) in [6.07, 6.45) is 0.397. The summed E-state index contributed by atoms with van der Waals surface area (Å²) in [4.78, 5) is 0. The summed E-state index contributed by atoms with van der Waals surface area (Å²) in [7, 11) is 0. The maximum absolute atomic E-state index is 13.3. The molecular weight excluding hydrogens is 286 g/mol. The third-order valence-electron chi connectivity index (χ3n) is 3.21. The summed E-state index contributed by atoms with van der Waals surface area (Å²) in [5.41, 5.74) is -0.195. The molecule has 0 bridgehead atoms. The van der Waals surface area contributed by atoms with Crippen molar-refractivity contribution in [3.63, 3.8) is 0 Å². The van der Waals surface area contributed by atoms with Crippen molar-refractivity contribution < 1.29 is 9.50 Å². The first-order valence-electron chi connectivity index (χ1n) is 5.91. The van der Waals surface area contributed by atoms with Crippen molar-refractivity contribution in [1.82, 2.24) is 0 Å². The van der Waals surface area contributed by atoms with Gasteiger partial charge in [0.05, 0.1) is 10.0 Å². The Morgan fingerprint density at radius 2 is 1.74 bits per heavy atom. The van der Waals surface area contributed by atoms with E-state index in [0.717, 1.165) is 0 Å². The highest BCUT2D eigenvalue weighted by Crippen LogP contribution is 2.36. The highest BCUT2D eigenvalue weighted by Gasteiger charge is 2.30. The fourth-order valence-electron chi connectivity index (χ4n) is 2.07. The molecule has 0 aliphatic heterocycles. The molecule has 2 aromatic rings. The van der Waals surface area contributed by atoms with Gasteiger partial charge in [-0.05, 0) is 41.8 Å². The van der Waals surface area contributed by atoms with Crippen LogP contribution in [0.3, 0.4) is 0 Å². The molecule has 1 atom stereocenters. The second kappa shape index (κ2) is 5.49. The molecule has 0 radical (unpaired) electrons. The number of aliphatic hydroxyl groups is 1. The third kappa shape index (κ3) is 2.76. The van der Waals surface area contributed by atoms with Crippen LogP contribution in [0, 0.1) is 5.82 Å². The van der Waals surface area contributed by atoms with Crippen LogP contribution in [0.1, 0.15) is 24.5 Å². The summed E-state index contributed by atoms with van der Waals surface area (Å²) in [6, 6.07) is 10.9. The maximum atomic E-state index is 13.3. The van der Waals surface area contributed by atoms with E-state index >= 15 is 0 Å². The van der Waals surface area contributed by atoms with E-state index in [-0.39, 0.29) is 5.82 Å². The van der Waals surface area contributed by atoms with Gasteiger partial charge in [-0.25, -0.2) is 4.39 Å². The smallest absolute Gasteiger partial charge is 0.123 e. The molecule has 19 heavy (non-hydrogen) atoms. The molecule has 2 rings (SSSR count). The van der Waals surface area contributed by atoms with E-state index in [4.69, 9.17) is 23.2 Å². The van der Waals surface area contributed by atoms with Crippen LogP contribution < -0.4 is 0 Å². The van der Waals surface area contributed by atoms with Crippen molar-refractivity contribution in [2.24, 2.45) is 0 Å². The Balaban J connectivity index is 2.56. The average molecular weight is 299 g/mol. The lowest BCUT2D eigenvalue weighted by atomic mass is 9.84. The fraction of sp³-hybridized carbons (Fsp3) is 0.200. The number of benzene rings is 2. The van der Waals surface area contributed by atoms with E-state index in [9.17, 15) is 9.50 Å². The molecular formula is C15H13Cl2FO. The fourth-order valence-corrected chi connectivity index (χ4v) is 2.37. The van der Waals surface area contributed by atoms with Crippen LogP contribution in [0.2, 0.25) is 10.0 Å². The van der Waals surface area contributed by atoms with Gasteiger partial charge in [0.2, 0.25) is 0 Å². The number of hydrogen-bond donors (Lipinski definition) is 1. The van der Waals surface area contributed by atoms with Crippen LogP contribution in [-0.4, -0.2) is 5.11 Å². The van der Waals surface area contributed by atoms with Crippen LogP contribution in [0.25, 0.3) is 0 Å². The highest BCUT2D eigenvalue weighted by atomic mass is 35.5. The average Bonchev–Trinajstić information content (AvgIpc) is 2.41. The quantitative estimate of drug-likeness (QED) is 0.865. The molecule has 0 saturated carbocycles. The number of halogens is 3. The van der Waals surface area contributed by atoms with Crippen molar-refractivity contribution >= 4 is 23.2 Å². The van der Waals surface area contributed by atoms with E-state index < -0.39 is 5.60 Å². The van der Waals surface area contributed by atoms with Gasteiger partial charge in [0, 0.05) is 0 Å². The van der Waals surface area contributed by atoms with E-state index in [1.165, 1.54) is 12.1 Å². The second-order valence-corrected chi connectivity index (χ2v) is 5.17. The molecule has 2 aromatic carbocycles. The Kier molecular flexibility index (Phi) is 4.14. The largest absolute Gasteiger partial charge is 0.380 e. The lowest BCUT2D eigenvalue weighted by molar-refractivity contribution is 0.0762. The van der Waals surface area contributed by atoms with Crippen molar-refractivity contribution in [2.45, 2.75) is 18.9 Å². The van der Waals surface area contributed by atoms with E-state index in [0.29, 0.717) is 27.6 Å². The van der Waals surface area contributed by atoms with Gasteiger partial charge in [-0.2, -0.15) is 0 Å². The molecule has 100 valence electrons. The zero-order valence-electron chi connectivity index (χ0n) is 10.3. The van der Waals surface area contributed by atoms with Gasteiger partial charge in [-0.1, -0.05) is 48.3 Å². The van der Waals surface area contributed by atoms with Gasteiger partial charge < -0.3 is 5.11 Å². The number of rotatable bonds is 3. The van der Waals surface area contributed by atoms with Crippen molar-refractivity contribution in [3.05, 3.63) is 69.5 Å². The third-order valence-corrected chi connectivity index (χ3v) is 3.95. The molecule has 1 N–H and O–H groups in total. The monoisotopic (exact) mass is 298 g/mol. The second-order valence-electron chi connectivity index (χ2n) is 4.35. The van der Waals surface area contributed by atoms with Gasteiger partial charge in [0.15, 0.2) is 0 Å². The van der Waals surface area contributed by atoms with Gasteiger partial charge >= 0.3 is 0 Å². The van der Waals surface area contributed by atoms with Crippen LogP contribution in [0.4, 0.5) is 4.39 Å². The molecule has 0 spiro atoms. The van der Waals surface area contributed by atoms with Gasteiger partial charge in [0.1, 0.15) is 11.4 Å². The lowest BCUT2D eigenvalue weighted by Crippen LogP contribution is -2.26. The maximum Gasteiger partial charge on any atom is 0.123 e. The Bertz CT molecular complexity index is 600. The first kappa shape index (κ1) is 14.3. The van der Waals surface area contributed by atoms with Crippen molar-refractivity contribution in [3.8, 4) is 0 Å². The van der Waals surface area contributed by atoms with E-state index in [1.807, 2.05) is 6.92 Å². The SMILES string of the molecule is CCC(O)(c1cccc(F)c1)c1ccc(Cl)c(Cl)c1. The molecule has 0 fully saturated rings. The van der Waals surface area contributed by atoms with Gasteiger partial charge in [-0.15, -0.1) is 0 Å². The highest BCUT2D eigenvalue weighted by molar-refractivity contribution is 6.42.